The predicted molar refractivity (Wildman–Crippen MR) is 52.3 cm³/mol. The van der Waals surface area contributed by atoms with Crippen molar-refractivity contribution in [2.75, 3.05) is 33.7 Å². The molecule has 0 saturated heterocycles. The molecule has 0 aromatic heterocycles. The first-order chi connectivity index (χ1) is 5.98. The minimum atomic E-state index is -0.723. The van der Waals surface area contributed by atoms with Crippen LogP contribution in [0.2, 0.25) is 0 Å². The molecular weight excluding hydrogens is 166 g/mol. The van der Waals surface area contributed by atoms with Gasteiger partial charge < -0.3 is 15.3 Å². The van der Waals surface area contributed by atoms with Gasteiger partial charge in [0.15, 0.2) is 0 Å². The number of nitrogens with one attached hydrogen (secondary N) is 1. The molecule has 13 heavy (non-hydrogen) atoms. The van der Waals surface area contributed by atoms with Gasteiger partial charge in [0.05, 0.1) is 11.7 Å². The second-order valence-electron chi connectivity index (χ2n) is 3.82. The lowest BCUT2D eigenvalue weighted by Gasteiger charge is -2.26. The van der Waals surface area contributed by atoms with Crippen molar-refractivity contribution in [3.05, 3.63) is 0 Å². The maximum absolute atomic E-state index is 9.80. The van der Waals surface area contributed by atoms with Crippen molar-refractivity contribution in [1.82, 2.24) is 10.2 Å². The molecule has 0 amide bonds. The zero-order chi connectivity index (χ0) is 10.3. The van der Waals surface area contributed by atoms with Crippen LogP contribution in [-0.2, 0) is 0 Å². The van der Waals surface area contributed by atoms with Crippen LogP contribution in [0.4, 0.5) is 0 Å². The number of hydrogen-bond donors (Lipinski definition) is 2. The van der Waals surface area contributed by atoms with E-state index in [1.165, 1.54) is 0 Å². The molecule has 0 fully saturated rings. The smallest absolute Gasteiger partial charge is 0.0869 e. The molecule has 2 N–H and O–H groups in total. The van der Waals surface area contributed by atoms with E-state index in [1.807, 2.05) is 25.1 Å². The number of nitriles is 1. The normalized spacial score (nSPS) is 15.4. The minimum absolute atomic E-state index is 0.484. The van der Waals surface area contributed by atoms with Crippen molar-refractivity contribution in [3.63, 3.8) is 0 Å². The van der Waals surface area contributed by atoms with Gasteiger partial charge >= 0.3 is 0 Å². The molecule has 1 unspecified atom stereocenters. The average Bonchev–Trinajstić information content (AvgIpc) is 1.95. The Labute approximate surface area is 80.2 Å². The molecule has 4 nitrogen and oxygen atoms in total. The maximum Gasteiger partial charge on any atom is 0.0869 e. The van der Waals surface area contributed by atoms with Crippen molar-refractivity contribution in [1.29, 1.82) is 5.26 Å². The molecule has 1 atom stereocenters. The molecule has 0 aliphatic rings. The second-order valence-corrected chi connectivity index (χ2v) is 3.82. The molecular formula is C9H19N3O. The summed E-state index contributed by atoms with van der Waals surface area (Å²) in [4.78, 5) is 1.94. The summed E-state index contributed by atoms with van der Waals surface area (Å²) >= 11 is 0. The number of nitrogens with zero attached hydrogens (tertiary/aromatic N) is 2. The minimum Gasteiger partial charge on any atom is -0.388 e. The SMILES string of the molecule is CN(C)CC(C)(O)CNCCC#N. The summed E-state index contributed by atoms with van der Waals surface area (Å²) in [6, 6.07) is 2.04. The zero-order valence-corrected chi connectivity index (χ0v) is 8.67. The Bertz CT molecular complexity index is 172. The van der Waals surface area contributed by atoms with E-state index < -0.39 is 5.60 Å². The molecule has 0 saturated carbocycles. The van der Waals surface area contributed by atoms with Gasteiger partial charge in [0.25, 0.3) is 0 Å². The quantitative estimate of drug-likeness (QED) is 0.563. The Morgan fingerprint density at radius 1 is 1.54 bits per heavy atom. The van der Waals surface area contributed by atoms with Crippen LogP contribution in [0, 0.1) is 11.3 Å². The highest BCUT2D eigenvalue weighted by atomic mass is 16.3. The predicted octanol–water partition coefficient (Wildman–Crippen LogP) is -0.198. The lowest BCUT2D eigenvalue weighted by atomic mass is 10.1. The summed E-state index contributed by atoms with van der Waals surface area (Å²) < 4.78 is 0. The van der Waals surface area contributed by atoms with Crippen LogP contribution in [0.5, 0.6) is 0 Å². The molecule has 4 heteroatoms. The first-order valence-electron chi connectivity index (χ1n) is 4.43. The lowest BCUT2D eigenvalue weighted by molar-refractivity contribution is 0.0342. The molecule has 0 aliphatic heterocycles. The highest BCUT2D eigenvalue weighted by molar-refractivity contribution is 4.79. The van der Waals surface area contributed by atoms with E-state index in [-0.39, 0.29) is 0 Å². The summed E-state index contributed by atoms with van der Waals surface area (Å²) in [5.41, 5.74) is -0.723. The molecule has 0 radical (unpaired) electrons. The fourth-order valence-electron chi connectivity index (χ4n) is 1.24. The van der Waals surface area contributed by atoms with Crippen LogP contribution in [0.1, 0.15) is 13.3 Å². The van der Waals surface area contributed by atoms with Gasteiger partial charge in [-0.25, -0.2) is 0 Å². The van der Waals surface area contributed by atoms with Gasteiger partial charge in [-0.3, -0.25) is 0 Å². The molecule has 0 spiro atoms. The van der Waals surface area contributed by atoms with E-state index in [1.54, 1.807) is 6.92 Å². The monoisotopic (exact) mass is 185 g/mol. The van der Waals surface area contributed by atoms with Crippen molar-refractivity contribution < 1.29 is 5.11 Å². The zero-order valence-electron chi connectivity index (χ0n) is 8.67. The summed E-state index contributed by atoms with van der Waals surface area (Å²) in [6.45, 7) is 3.56. The van der Waals surface area contributed by atoms with E-state index >= 15 is 0 Å². The third kappa shape index (κ3) is 7.72. The largest absolute Gasteiger partial charge is 0.388 e. The van der Waals surface area contributed by atoms with E-state index in [4.69, 9.17) is 5.26 Å². The molecule has 76 valence electrons. The van der Waals surface area contributed by atoms with Crippen LogP contribution >= 0.6 is 0 Å². The maximum atomic E-state index is 9.80. The molecule has 0 bridgehead atoms. The van der Waals surface area contributed by atoms with Gasteiger partial charge in [-0.1, -0.05) is 0 Å². The molecule has 0 rings (SSSR count). The Hall–Kier alpha value is -0.630. The molecule has 0 aliphatic carbocycles. The van der Waals surface area contributed by atoms with Gasteiger partial charge in [-0.15, -0.1) is 0 Å². The van der Waals surface area contributed by atoms with Crippen LogP contribution in [0.15, 0.2) is 0 Å². The highest BCUT2D eigenvalue weighted by Crippen LogP contribution is 2.01. The van der Waals surface area contributed by atoms with Crippen molar-refractivity contribution in [3.8, 4) is 6.07 Å². The van der Waals surface area contributed by atoms with Gasteiger partial charge in [0.2, 0.25) is 0 Å². The second kappa shape index (κ2) is 5.92. The summed E-state index contributed by atoms with van der Waals surface area (Å²) in [5.74, 6) is 0. The number of hydrogen-bond acceptors (Lipinski definition) is 4. The molecule has 0 heterocycles. The standard InChI is InChI=1S/C9H19N3O/c1-9(13,8-12(2)3)7-11-6-4-5-10/h11,13H,4,6-8H2,1-3H3. The van der Waals surface area contributed by atoms with Crippen LogP contribution < -0.4 is 5.32 Å². The van der Waals surface area contributed by atoms with Crippen molar-refractivity contribution in [2.24, 2.45) is 0 Å². The Kier molecular flexibility index (Phi) is 5.63. The topological polar surface area (TPSA) is 59.3 Å². The summed E-state index contributed by atoms with van der Waals surface area (Å²) in [7, 11) is 3.84. The number of aliphatic hydroxyl groups is 1. The Balaban J connectivity index is 3.58. The average molecular weight is 185 g/mol. The first kappa shape index (κ1) is 12.4. The molecule has 0 aromatic rings. The molecule has 0 aromatic carbocycles. The van der Waals surface area contributed by atoms with Gasteiger partial charge in [-0.2, -0.15) is 5.26 Å². The first-order valence-corrected chi connectivity index (χ1v) is 4.43. The van der Waals surface area contributed by atoms with Crippen LogP contribution in [0.25, 0.3) is 0 Å². The highest BCUT2D eigenvalue weighted by Gasteiger charge is 2.20. The van der Waals surface area contributed by atoms with E-state index in [2.05, 4.69) is 5.32 Å². The van der Waals surface area contributed by atoms with Gasteiger partial charge in [0.1, 0.15) is 0 Å². The third-order valence-corrected chi connectivity index (χ3v) is 1.58. The van der Waals surface area contributed by atoms with E-state index in [9.17, 15) is 5.11 Å². The Morgan fingerprint density at radius 3 is 2.62 bits per heavy atom. The van der Waals surface area contributed by atoms with Gasteiger partial charge in [0, 0.05) is 26.1 Å². The van der Waals surface area contributed by atoms with Crippen LogP contribution in [-0.4, -0.2) is 49.3 Å². The fourth-order valence-corrected chi connectivity index (χ4v) is 1.24. The Morgan fingerprint density at radius 2 is 2.15 bits per heavy atom. The van der Waals surface area contributed by atoms with E-state index in [0.717, 1.165) is 0 Å². The van der Waals surface area contributed by atoms with Crippen LogP contribution in [0.3, 0.4) is 0 Å². The van der Waals surface area contributed by atoms with E-state index in [0.29, 0.717) is 26.1 Å². The van der Waals surface area contributed by atoms with Crippen molar-refractivity contribution >= 4 is 0 Å². The number of rotatable bonds is 6. The lowest BCUT2D eigenvalue weighted by Crippen LogP contribution is -2.45. The summed E-state index contributed by atoms with van der Waals surface area (Å²) in [6.07, 6.45) is 0.484. The van der Waals surface area contributed by atoms with Crippen molar-refractivity contribution in [2.45, 2.75) is 18.9 Å². The third-order valence-electron chi connectivity index (χ3n) is 1.58. The fraction of sp³-hybridized carbons (Fsp3) is 0.889. The number of likely N-dealkylation sites (N-methyl/N-ethyl adjacent to an activating group) is 1. The van der Waals surface area contributed by atoms with Gasteiger partial charge in [-0.05, 0) is 21.0 Å². The summed E-state index contributed by atoms with van der Waals surface area (Å²) in [5, 5.41) is 21.1.